The average Bonchev–Trinajstić information content (AvgIpc) is 3.29. The Kier molecular flexibility index (Phi) is 8.18. The van der Waals surface area contributed by atoms with Gasteiger partial charge in [-0.25, -0.2) is 0 Å². The summed E-state index contributed by atoms with van der Waals surface area (Å²) in [5.74, 6) is 0. The first kappa shape index (κ1) is 26.7. The smallest absolute Gasteiger partial charge is 0.120 e. The molecule has 0 saturated heterocycles. The Labute approximate surface area is 233 Å². The number of aryl methyl sites for hydroxylation is 1. The van der Waals surface area contributed by atoms with E-state index in [-0.39, 0.29) is 20.1 Å². The van der Waals surface area contributed by atoms with E-state index >= 15 is 0 Å². The second kappa shape index (κ2) is 11.3. The van der Waals surface area contributed by atoms with Gasteiger partial charge < -0.3 is 14.4 Å². The number of para-hydroxylation sites is 1. The first-order valence-electron chi connectivity index (χ1n) is 12.1. The second-order valence-corrected chi connectivity index (χ2v) is 14.9. The minimum atomic E-state index is -1.48. The Balaban J connectivity index is 0.000000208. The van der Waals surface area contributed by atoms with Crippen LogP contribution >= 0.6 is 0 Å². The molecule has 3 heterocycles. The molecule has 0 aliphatic heterocycles. The minimum Gasteiger partial charge on any atom is -0.501 e. The van der Waals surface area contributed by atoms with Crippen LogP contribution in [-0.4, -0.2) is 18.0 Å². The van der Waals surface area contributed by atoms with Crippen LogP contribution in [0.5, 0.6) is 0 Å². The summed E-state index contributed by atoms with van der Waals surface area (Å²) in [6, 6.07) is 34.8. The first-order valence-corrected chi connectivity index (χ1v) is 15.6. The number of pyridine rings is 2. The molecule has 3 aromatic heterocycles. The van der Waals surface area contributed by atoms with Crippen molar-refractivity contribution < 1.29 is 24.5 Å². The van der Waals surface area contributed by atoms with E-state index in [1.165, 1.54) is 10.6 Å². The summed E-state index contributed by atoms with van der Waals surface area (Å²) >= 11 is 0. The van der Waals surface area contributed by atoms with Gasteiger partial charge in [-0.05, 0) is 35.1 Å². The molecule has 3 aromatic carbocycles. The van der Waals surface area contributed by atoms with Crippen molar-refractivity contribution in [1.29, 1.82) is 0 Å². The number of nitrogens with zero attached hydrogens (tertiary/aromatic N) is 2. The standard InChI is InChI=1S/C21H20NOSi.C11H8N.Ir/c1-14-11-12-18(22-13-14)17-9-5-7-15-16-8-6-10-19(24(2,3)4)21(16)23-20(15)17;1-2-6-10(7-3-1)11-8-4-5-9-12-11;/h5-8,10-13H,1-4H3;1-6,8-9H;/q2*-1;. The Morgan fingerprint density at radius 2 is 1.51 bits per heavy atom. The van der Waals surface area contributed by atoms with Crippen molar-refractivity contribution in [2.24, 2.45) is 0 Å². The number of furan rings is 1. The van der Waals surface area contributed by atoms with Crippen molar-refractivity contribution in [3.05, 3.63) is 115 Å². The quantitative estimate of drug-likeness (QED) is 0.142. The summed E-state index contributed by atoms with van der Waals surface area (Å²) < 4.78 is 6.39. The molecule has 6 aromatic rings. The van der Waals surface area contributed by atoms with E-state index in [2.05, 4.69) is 72.1 Å². The van der Waals surface area contributed by atoms with Gasteiger partial charge >= 0.3 is 0 Å². The van der Waals surface area contributed by atoms with E-state index in [0.29, 0.717) is 0 Å². The zero-order valence-electron chi connectivity index (χ0n) is 21.4. The van der Waals surface area contributed by atoms with E-state index in [1.807, 2.05) is 67.7 Å². The van der Waals surface area contributed by atoms with Gasteiger partial charge in [0, 0.05) is 37.9 Å². The Morgan fingerprint density at radius 3 is 2.19 bits per heavy atom. The SMILES string of the molecule is Cc1ccc(-c2[c-]ccc3c2oc2c([Si](C)(C)C)cccc23)nc1.[Ir].[c-]1ccccc1-c1ccccn1. The maximum atomic E-state index is 6.39. The molecule has 0 N–H and O–H groups in total. The van der Waals surface area contributed by atoms with Crippen molar-refractivity contribution in [3.8, 4) is 22.5 Å². The fraction of sp³-hybridized carbons (Fsp3) is 0.125. The molecule has 0 atom stereocenters. The van der Waals surface area contributed by atoms with Gasteiger partial charge in [-0.15, -0.1) is 54.1 Å². The minimum absolute atomic E-state index is 0. The van der Waals surface area contributed by atoms with Gasteiger partial charge in [0.2, 0.25) is 0 Å². The number of benzene rings is 3. The summed E-state index contributed by atoms with van der Waals surface area (Å²) in [5.41, 5.74) is 6.91. The zero-order valence-corrected chi connectivity index (χ0v) is 24.8. The van der Waals surface area contributed by atoms with Crippen LogP contribution in [-0.2, 0) is 20.1 Å². The van der Waals surface area contributed by atoms with Gasteiger partial charge in [-0.3, -0.25) is 0 Å². The molecule has 0 aliphatic rings. The number of fused-ring (bicyclic) bond motifs is 3. The van der Waals surface area contributed by atoms with Gasteiger partial charge in [-0.2, -0.15) is 0 Å². The molecule has 187 valence electrons. The largest absolute Gasteiger partial charge is 0.501 e. The fourth-order valence-corrected chi connectivity index (χ4v) is 5.70. The van der Waals surface area contributed by atoms with E-state index in [1.54, 1.807) is 6.20 Å². The molecule has 0 bridgehead atoms. The number of hydrogen-bond acceptors (Lipinski definition) is 3. The molecule has 0 aliphatic carbocycles. The van der Waals surface area contributed by atoms with Crippen LogP contribution in [0.15, 0.2) is 102 Å². The summed E-state index contributed by atoms with van der Waals surface area (Å²) in [4.78, 5) is 8.78. The summed E-state index contributed by atoms with van der Waals surface area (Å²) in [5, 5.41) is 3.69. The third-order valence-electron chi connectivity index (χ3n) is 6.08. The molecule has 6 rings (SSSR count). The van der Waals surface area contributed by atoms with Gasteiger partial charge in [0.25, 0.3) is 0 Å². The van der Waals surface area contributed by atoms with E-state index in [9.17, 15) is 0 Å². The summed E-state index contributed by atoms with van der Waals surface area (Å²) in [7, 11) is -1.48. The van der Waals surface area contributed by atoms with Gasteiger partial charge in [0.1, 0.15) is 5.58 Å². The maximum Gasteiger partial charge on any atom is 0.120 e. The summed E-state index contributed by atoms with van der Waals surface area (Å²) in [6.45, 7) is 9.10. The van der Waals surface area contributed by atoms with Gasteiger partial charge in [-0.1, -0.05) is 73.1 Å². The van der Waals surface area contributed by atoms with E-state index in [4.69, 9.17) is 4.42 Å². The van der Waals surface area contributed by atoms with Gasteiger partial charge in [0.15, 0.2) is 0 Å². The molecule has 0 unspecified atom stereocenters. The Hall–Kier alpha value is -3.37. The molecule has 0 fully saturated rings. The normalized spacial score (nSPS) is 11.0. The molecule has 3 nitrogen and oxygen atoms in total. The monoisotopic (exact) mass is 677 g/mol. The van der Waals surface area contributed by atoms with Crippen molar-refractivity contribution in [1.82, 2.24) is 9.97 Å². The molecular formula is C32H28IrN2OSi-2. The van der Waals surface area contributed by atoms with Crippen molar-refractivity contribution in [2.75, 3.05) is 0 Å². The van der Waals surface area contributed by atoms with Crippen LogP contribution < -0.4 is 5.19 Å². The van der Waals surface area contributed by atoms with Crippen LogP contribution in [0.3, 0.4) is 0 Å². The van der Waals surface area contributed by atoms with Crippen LogP contribution in [0.4, 0.5) is 0 Å². The summed E-state index contributed by atoms with van der Waals surface area (Å²) in [6.07, 6.45) is 3.67. The zero-order chi connectivity index (χ0) is 25.1. The third-order valence-corrected chi connectivity index (χ3v) is 8.09. The van der Waals surface area contributed by atoms with Crippen LogP contribution in [0, 0.1) is 19.1 Å². The molecule has 0 amide bonds. The molecule has 1 radical (unpaired) electrons. The predicted molar refractivity (Wildman–Crippen MR) is 152 cm³/mol. The molecule has 5 heteroatoms. The number of aromatic nitrogens is 2. The van der Waals surface area contributed by atoms with Crippen LogP contribution in [0.1, 0.15) is 5.56 Å². The molecule has 0 saturated carbocycles. The van der Waals surface area contributed by atoms with Gasteiger partial charge in [0.05, 0.1) is 13.7 Å². The van der Waals surface area contributed by atoms with E-state index in [0.717, 1.165) is 44.6 Å². The van der Waals surface area contributed by atoms with Crippen LogP contribution in [0.25, 0.3) is 44.5 Å². The number of hydrogen-bond donors (Lipinski definition) is 0. The first-order chi connectivity index (χ1) is 17.4. The van der Waals surface area contributed by atoms with Crippen LogP contribution in [0.2, 0.25) is 19.6 Å². The predicted octanol–water partition coefficient (Wildman–Crippen LogP) is 7.85. The second-order valence-electron chi connectivity index (χ2n) is 9.84. The van der Waals surface area contributed by atoms with Crippen molar-refractivity contribution in [3.63, 3.8) is 0 Å². The Morgan fingerprint density at radius 1 is 0.703 bits per heavy atom. The molecule has 0 spiro atoms. The van der Waals surface area contributed by atoms with Crippen molar-refractivity contribution >= 4 is 35.2 Å². The Bertz CT molecular complexity index is 1570. The van der Waals surface area contributed by atoms with Crippen molar-refractivity contribution in [2.45, 2.75) is 26.6 Å². The maximum absolute atomic E-state index is 6.39. The topological polar surface area (TPSA) is 38.9 Å². The molecular weight excluding hydrogens is 649 g/mol. The van der Waals surface area contributed by atoms with E-state index < -0.39 is 8.07 Å². The number of rotatable bonds is 3. The third kappa shape index (κ3) is 5.80. The average molecular weight is 677 g/mol. The molecule has 37 heavy (non-hydrogen) atoms. The fourth-order valence-electron chi connectivity index (χ4n) is 4.23.